The lowest BCUT2D eigenvalue weighted by Gasteiger charge is -2.13. The van der Waals surface area contributed by atoms with Crippen molar-refractivity contribution in [3.8, 4) is 45.1 Å². The Morgan fingerprint density at radius 3 is 1.71 bits per heavy atom. The molecule has 0 aliphatic rings. The molecule has 270 valence electrons. The van der Waals surface area contributed by atoms with Gasteiger partial charge in [-0.25, -0.2) is 9.97 Å². The summed E-state index contributed by atoms with van der Waals surface area (Å²) >= 11 is 0. The Kier molecular flexibility index (Phi) is 7.20. The molecule has 0 saturated heterocycles. The summed E-state index contributed by atoms with van der Waals surface area (Å²) in [6.07, 6.45) is 0. The number of para-hydroxylation sites is 2. The number of rotatable bonds is 5. The molecule has 4 nitrogen and oxygen atoms in total. The molecule has 9 aromatic carbocycles. The van der Waals surface area contributed by atoms with E-state index in [1.54, 1.807) is 0 Å². The average molecular weight is 739 g/mol. The maximum Gasteiger partial charge on any atom is 0.235 e. The van der Waals surface area contributed by atoms with Crippen LogP contribution in [0.15, 0.2) is 206 Å². The number of fused-ring (bicyclic) bond motifs is 10. The molecule has 0 radical (unpaired) electrons. The number of nitrogens with zero attached hydrogens (tertiary/aromatic N) is 4. The minimum Gasteiger partial charge on any atom is -0.309 e. The van der Waals surface area contributed by atoms with Crippen LogP contribution >= 0.6 is 0 Å². The van der Waals surface area contributed by atoms with E-state index in [-0.39, 0.29) is 0 Å². The fourth-order valence-corrected chi connectivity index (χ4v) is 9.10. The summed E-state index contributed by atoms with van der Waals surface area (Å²) in [5.41, 5.74) is 13.2. The molecular formula is C54H34N4. The van der Waals surface area contributed by atoms with Gasteiger partial charge in [0, 0.05) is 43.6 Å². The van der Waals surface area contributed by atoms with Crippen LogP contribution in [0, 0.1) is 0 Å². The molecule has 0 amide bonds. The molecule has 0 unspecified atom stereocenters. The van der Waals surface area contributed by atoms with Gasteiger partial charge in [-0.1, -0.05) is 170 Å². The first-order valence-electron chi connectivity index (χ1n) is 19.8. The highest BCUT2D eigenvalue weighted by Crippen LogP contribution is 2.44. The molecule has 0 N–H and O–H groups in total. The topological polar surface area (TPSA) is 35.6 Å². The maximum absolute atomic E-state index is 5.44. The largest absolute Gasteiger partial charge is 0.309 e. The van der Waals surface area contributed by atoms with Crippen molar-refractivity contribution in [1.29, 1.82) is 0 Å². The molecule has 0 atom stereocenters. The van der Waals surface area contributed by atoms with Crippen molar-refractivity contribution < 1.29 is 0 Å². The van der Waals surface area contributed by atoms with Gasteiger partial charge in [0.25, 0.3) is 0 Å². The lowest BCUT2D eigenvalue weighted by atomic mass is 10.0. The average Bonchev–Trinajstić information content (AvgIpc) is 3.83. The second-order valence-corrected chi connectivity index (χ2v) is 15.0. The van der Waals surface area contributed by atoms with Crippen LogP contribution in [0.3, 0.4) is 0 Å². The molecule has 3 aromatic heterocycles. The minimum atomic E-state index is 0.649. The first-order chi connectivity index (χ1) is 28.8. The van der Waals surface area contributed by atoms with Crippen molar-refractivity contribution in [1.82, 2.24) is 19.1 Å². The highest BCUT2D eigenvalue weighted by Gasteiger charge is 2.23. The van der Waals surface area contributed by atoms with E-state index in [4.69, 9.17) is 9.97 Å². The Bertz CT molecular complexity index is 3540. The SMILES string of the molecule is c1ccc(-c2ccc(-c3nc(-n4c5ccccc5c5c6c7ccc8ccccc8c7n(-c7cccc(-c8ccccc8)c7)c6ccc54)nc4ccccc34)cc2)cc1. The van der Waals surface area contributed by atoms with Crippen LogP contribution in [0.25, 0.3) is 110 Å². The summed E-state index contributed by atoms with van der Waals surface area (Å²) < 4.78 is 4.73. The summed E-state index contributed by atoms with van der Waals surface area (Å²) in [6.45, 7) is 0. The van der Waals surface area contributed by atoms with E-state index >= 15 is 0 Å². The standard InChI is InChI=1S/C54H34N4/c1-3-14-35(15-4-1)37-26-28-39(29-27-37)52-43-22-9-11-24-46(43)55-54(56-52)58-47-25-12-10-23-44(47)50-49(58)33-32-48-51(50)45-31-30-38-18-7-8-21-42(38)53(45)57(48)41-20-13-19-40(34-41)36-16-5-2-6-17-36/h1-34H. The Morgan fingerprint density at radius 1 is 0.328 bits per heavy atom. The summed E-state index contributed by atoms with van der Waals surface area (Å²) in [5.74, 6) is 0.649. The smallest absolute Gasteiger partial charge is 0.235 e. The molecule has 0 spiro atoms. The predicted octanol–water partition coefficient (Wildman–Crippen LogP) is 14.0. The maximum atomic E-state index is 5.44. The molecule has 0 bridgehead atoms. The Labute approximate surface area is 334 Å². The van der Waals surface area contributed by atoms with Crippen molar-refractivity contribution in [3.63, 3.8) is 0 Å². The van der Waals surface area contributed by atoms with E-state index in [1.807, 2.05) is 0 Å². The molecule has 0 aliphatic heterocycles. The van der Waals surface area contributed by atoms with Gasteiger partial charge in [0.15, 0.2) is 0 Å². The number of hydrogen-bond donors (Lipinski definition) is 0. The first kappa shape index (κ1) is 32.4. The molecule has 0 fully saturated rings. The van der Waals surface area contributed by atoms with Gasteiger partial charge in [-0.15, -0.1) is 0 Å². The van der Waals surface area contributed by atoms with Crippen LogP contribution in [0.1, 0.15) is 0 Å². The number of hydrogen-bond acceptors (Lipinski definition) is 2. The van der Waals surface area contributed by atoms with E-state index in [0.29, 0.717) is 5.95 Å². The van der Waals surface area contributed by atoms with Crippen LogP contribution in [-0.4, -0.2) is 19.1 Å². The van der Waals surface area contributed by atoms with E-state index in [2.05, 4.69) is 215 Å². The minimum absolute atomic E-state index is 0.649. The van der Waals surface area contributed by atoms with Crippen LogP contribution in [0.4, 0.5) is 0 Å². The lowest BCUT2D eigenvalue weighted by Crippen LogP contribution is -2.03. The Balaban J connectivity index is 1.14. The summed E-state index contributed by atoms with van der Waals surface area (Å²) in [6, 6.07) is 73.7. The van der Waals surface area contributed by atoms with Gasteiger partial charge in [0.05, 0.1) is 33.3 Å². The fraction of sp³-hybridized carbons (Fsp3) is 0. The van der Waals surface area contributed by atoms with Gasteiger partial charge in [0.2, 0.25) is 5.95 Å². The fourth-order valence-electron chi connectivity index (χ4n) is 9.10. The van der Waals surface area contributed by atoms with Crippen LogP contribution in [-0.2, 0) is 0 Å². The lowest BCUT2D eigenvalue weighted by molar-refractivity contribution is 1.01. The predicted molar refractivity (Wildman–Crippen MR) is 242 cm³/mol. The monoisotopic (exact) mass is 738 g/mol. The highest BCUT2D eigenvalue weighted by molar-refractivity contribution is 6.31. The van der Waals surface area contributed by atoms with E-state index in [1.165, 1.54) is 60.1 Å². The quantitative estimate of drug-likeness (QED) is 0.176. The molecule has 58 heavy (non-hydrogen) atoms. The van der Waals surface area contributed by atoms with Crippen molar-refractivity contribution in [3.05, 3.63) is 206 Å². The molecule has 0 aliphatic carbocycles. The zero-order valence-corrected chi connectivity index (χ0v) is 31.4. The molecule has 12 aromatic rings. The van der Waals surface area contributed by atoms with Gasteiger partial charge in [-0.05, 0) is 64.0 Å². The van der Waals surface area contributed by atoms with Gasteiger partial charge in [-0.3, -0.25) is 4.57 Å². The molecule has 3 heterocycles. The van der Waals surface area contributed by atoms with Gasteiger partial charge >= 0.3 is 0 Å². The third-order valence-electron chi connectivity index (χ3n) is 11.7. The zero-order chi connectivity index (χ0) is 38.2. The van der Waals surface area contributed by atoms with Crippen LogP contribution in [0.5, 0.6) is 0 Å². The normalized spacial score (nSPS) is 11.8. The van der Waals surface area contributed by atoms with Gasteiger partial charge in [-0.2, -0.15) is 0 Å². The van der Waals surface area contributed by atoms with E-state index in [0.717, 1.165) is 44.4 Å². The van der Waals surface area contributed by atoms with Crippen molar-refractivity contribution >= 4 is 65.3 Å². The second-order valence-electron chi connectivity index (χ2n) is 15.0. The number of benzene rings is 9. The van der Waals surface area contributed by atoms with Crippen molar-refractivity contribution in [2.45, 2.75) is 0 Å². The molecule has 0 saturated carbocycles. The summed E-state index contributed by atoms with van der Waals surface area (Å²) in [5, 5.41) is 8.25. The van der Waals surface area contributed by atoms with E-state index in [9.17, 15) is 0 Å². The van der Waals surface area contributed by atoms with Gasteiger partial charge < -0.3 is 4.57 Å². The van der Waals surface area contributed by atoms with E-state index < -0.39 is 0 Å². The number of aromatic nitrogens is 4. The van der Waals surface area contributed by atoms with Crippen molar-refractivity contribution in [2.75, 3.05) is 0 Å². The second kappa shape index (κ2) is 12.9. The third-order valence-corrected chi connectivity index (χ3v) is 11.7. The van der Waals surface area contributed by atoms with Crippen LogP contribution < -0.4 is 0 Å². The molecule has 12 rings (SSSR count). The molecular weight excluding hydrogens is 705 g/mol. The van der Waals surface area contributed by atoms with Crippen LogP contribution in [0.2, 0.25) is 0 Å². The summed E-state index contributed by atoms with van der Waals surface area (Å²) in [7, 11) is 0. The Morgan fingerprint density at radius 2 is 0.914 bits per heavy atom. The van der Waals surface area contributed by atoms with Gasteiger partial charge in [0.1, 0.15) is 0 Å². The molecule has 4 heteroatoms. The highest BCUT2D eigenvalue weighted by atomic mass is 15.2. The third kappa shape index (κ3) is 4.95. The zero-order valence-electron chi connectivity index (χ0n) is 31.4. The van der Waals surface area contributed by atoms with Crippen molar-refractivity contribution in [2.24, 2.45) is 0 Å². The first-order valence-corrected chi connectivity index (χ1v) is 19.8. The Hall–Kier alpha value is -7.82. The summed E-state index contributed by atoms with van der Waals surface area (Å²) in [4.78, 5) is 10.7.